The van der Waals surface area contributed by atoms with E-state index in [2.05, 4.69) is 5.10 Å². The van der Waals surface area contributed by atoms with E-state index in [1.165, 1.54) is 6.08 Å². The molecule has 16 heavy (non-hydrogen) atoms. The molecular weight excluding hydrogens is 204 g/mol. The summed E-state index contributed by atoms with van der Waals surface area (Å²) in [6.45, 7) is 2.16. The average molecular weight is 216 g/mol. The van der Waals surface area contributed by atoms with Crippen LogP contribution in [-0.2, 0) is 9.53 Å². The van der Waals surface area contributed by atoms with E-state index in [0.29, 0.717) is 6.61 Å². The lowest BCUT2D eigenvalue weighted by molar-refractivity contribution is -0.137. The molecule has 0 aliphatic rings. The molecular formula is C12H12N2O2. The third kappa shape index (κ3) is 2.28. The zero-order valence-electron chi connectivity index (χ0n) is 8.96. The largest absolute Gasteiger partial charge is 0.463 e. The molecule has 0 saturated heterocycles. The first-order chi connectivity index (χ1) is 7.79. The van der Waals surface area contributed by atoms with Crippen molar-refractivity contribution in [1.82, 2.24) is 9.61 Å². The fourth-order valence-corrected chi connectivity index (χ4v) is 1.38. The van der Waals surface area contributed by atoms with Crippen LogP contribution in [0.15, 0.2) is 36.5 Å². The van der Waals surface area contributed by atoms with Gasteiger partial charge in [0.1, 0.15) is 0 Å². The number of ether oxygens (including phenoxy) is 1. The van der Waals surface area contributed by atoms with Crippen molar-refractivity contribution in [1.29, 1.82) is 0 Å². The van der Waals surface area contributed by atoms with Gasteiger partial charge in [-0.05, 0) is 31.2 Å². The molecule has 2 rings (SSSR count). The number of nitrogens with zero attached hydrogens (tertiary/aromatic N) is 2. The summed E-state index contributed by atoms with van der Waals surface area (Å²) in [6.07, 6.45) is 4.88. The minimum Gasteiger partial charge on any atom is -0.463 e. The lowest BCUT2D eigenvalue weighted by Crippen LogP contribution is -1.98. The molecule has 2 aromatic rings. The molecule has 0 atom stereocenters. The van der Waals surface area contributed by atoms with Crippen molar-refractivity contribution in [2.24, 2.45) is 0 Å². The Balaban J connectivity index is 2.18. The number of aromatic nitrogens is 2. The van der Waals surface area contributed by atoms with E-state index in [1.54, 1.807) is 17.5 Å². The number of rotatable bonds is 3. The second kappa shape index (κ2) is 4.61. The van der Waals surface area contributed by atoms with Gasteiger partial charge in [0, 0.05) is 12.3 Å². The van der Waals surface area contributed by atoms with Crippen molar-refractivity contribution in [3.8, 4) is 0 Å². The van der Waals surface area contributed by atoms with Gasteiger partial charge < -0.3 is 4.74 Å². The fourth-order valence-electron chi connectivity index (χ4n) is 1.38. The number of fused-ring (bicyclic) bond motifs is 1. The highest BCUT2D eigenvalue weighted by atomic mass is 16.5. The van der Waals surface area contributed by atoms with Gasteiger partial charge in [0.05, 0.1) is 17.8 Å². The zero-order valence-corrected chi connectivity index (χ0v) is 8.96. The highest BCUT2D eigenvalue weighted by molar-refractivity contribution is 5.86. The number of pyridine rings is 1. The third-order valence-electron chi connectivity index (χ3n) is 2.07. The number of esters is 1. The molecule has 0 saturated carbocycles. The number of hydrogen-bond donors (Lipinski definition) is 0. The molecule has 2 heterocycles. The van der Waals surface area contributed by atoms with Gasteiger partial charge in [0.2, 0.25) is 0 Å². The van der Waals surface area contributed by atoms with E-state index in [9.17, 15) is 4.79 Å². The monoisotopic (exact) mass is 216 g/mol. The first kappa shape index (κ1) is 10.4. The van der Waals surface area contributed by atoms with Crippen LogP contribution >= 0.6 is 0 Å². The molecule has 0 unspecified atom stereocenters. The Morgan fingerprint density at radius 1 is 1.56 bits per heavy atom. The van der Waals surface area contributed by atoms with E-state index in [4.69, 9.17) is 4.74 Å². The Bertz CT molecular complexity index is 496. The van der Waals surface area contributed by atoms with Gasteiger partial charge in [-0.15, -0.1) is 0 Å². The number of hydrogen-bond acceptors (Lipinski definition) is 3. The van der Waals surface area contributed by atoms with Gasteiger partial charge in [0.25, 0.3) is 0 Å². The molecule has 0 radical (unpaired) electrons. The first-order valence-electron chi connectivity index (χ1n) is 5.09. The summed E-state index contributed by atoms with van der Waals surface area (Å²) in [4.78, 5) is 11.1. The summed E-state index contributed by atoms with van der Waals surface area (Å²) in [7, 11) is 0. The minimum atomic E-state index is -0.348. The van der Waals surface area contributed by atoms with Crippen LogP contribution in [0.25, 0.3) is 11.6 Å². The van der Waals surface area contributed by atoms with E-state index in [1.807, 2.05) is 30.5 Å². The summed E-state index contributed by atoms with van der Waals surface area (Å²) in [5.41, 5.74) is 1.73. The standard InChI is InChI=1S/C12H12N2O2/c1-2-16-12(15)7-6-10-9-11-5-3-4-8-14(11)13-10/h3-9H,2H2,1H3. The molecule has 0 aromatic carbocycles. The van der Waals surface area contributed by atoms with Gasteiger partial charge in [-0.3, -0.25) is 0 Å². The molecule has 0 aliphatic heterocycles. The summed E-state index contributed by atoms with van der Waals surface area (Å²) >= 11 is 0. The Morgan fingerprint density at radius 2 is 2.44 bits per heavy atom. The number of carbonyl (C=O) groups is 1. The smallest absolute Gasteiger partial charge is 0.330 e. The van der Waals surface area contributed by atoms with Gasteiger partial charge in [-0.1, -0.05) is 6.07 Å². The van der Waals surface area contributed by atoms with Crippen LogP contribution in [0.3, 0.4) is 0 Å². The molecule has 0 amide bonds. The van der Waals surface area contributed by atoms with Crippen LogP contribution in [0, 0.1) is 0 Å². The van der Waals surface area contributed by atoms with Gasteiger partial charge in [-0.25, -0.2) is 9.31 Å². The van der Waals surface area contributed by atoms with Crippen molar-refractivity contribution >= 4 is 17.6 Å². The Hall–Kier alpha value is -2.10. The van der Waals surface area contributed by atoms with Gasteiger partial charge in [0.15, 0.2) is 0 Å². The maximum absolute atomic E-state index is 11.1. The summed E-state index contributed by atoms with van der Waals surface area (Å²) in [5, 5.41) is 4.27. The van der Waals surface area contributed by atoms with Crippen LogP contribution in [0.4, 0.5) is 0 Å². The topological polar surface area (TPSA) is 43.6 Å². The van der Waals surface area contributed by atoms with E-state index in [0.717, 1.165) is 11.2 Å². The predicted molar refractivity (Wildman–Crippen MR) is 60.9 cm³/mol. The van der Waals surface area contributed by atoms with Crippen LogP contribution in [0.1, 0.15) is 12.6 Å². The van der Waals surface area contributed by atoms with Crippen LogP contribution in [0.2, 0.25) is 0 Å². The molecule has 82 valence electrons. The lowest BCUT2D eigenvalue weighted by Gasteiger charge is -1.92. The maximum Gasteiger partial charge on any atom is 0.330 e. The molecule has 4 heteroatoms. The van der Waals surface area contributed by atoms with E-state index in [-0.39, 0.29) is 5.97 Å². The lowest BCUT2D eigenvalue weighted by atomic mass is 10.3. The first-order valence-corrected chi connectivity index (χ1v) is 5.09. The van der Waals surface area contributed by atoms with Crippen LogP contribution in [0.5, 0.6) is 0 Å². The van der Waals surface area contributed by atoms with Crippen LogP contribution < -0.4 is 0 Å². The minimum absolute atomic E-state index is 0.348. The highest BCUT2D eigenvalue weighted by Crippen LogP contribution is 2.07. The molecule has 0 fully saturated rings. The van der Waals surface area contributed by atoms with Crippen molar-refractivity contribution in [3.05, 3.63) is 42.2 Å². The molecule has 0 spiro atoms. The molecule has 0 bridgehead atoms. The van der Waals surface area contributed by atoms with Gasteiger partial charge >= 0.3 is 5.97 Å². The molecule has 0 aliphatic carbocycles. The second-order valence-electron chi connectivity index (χ2n) is 3.22. The Morgan fingerprint density at radius 3 is 3.19 bits per heavy atom. The van der Waals surface area contributed by atoms with E-state index >= 15 is 0 Å². The van der Waals surface area contributed by atoms with Crippen molar-refractivity contribution < 1.29 is 9.53 Å². The summed E-state index contributed by atoms with van der Waals surface area (Å²) < 4.78 is 6.53. The molecule has 0 N–H and O–H groups in total. The SMILES string of the molecule is CCOC(=O)C=Cc1cc2ccccn2n1. The van der Waals surface area contributed by atoms with Crippen molar-refractivity contribution in [2.75, 3.05) is 6.61 Å². The Labute approximate surface area is 93.1 Å². The predicted octanol–water partition coefficient (Wildman–Crippen LogP) is 1.91. The van der Waals surface area contributed by atoms with E-state index < -0.39 is 0 Å². The van der Waals surface area contributed by atoms with Crippen molar-refractivity contribution in [2.45, 2.75) is 6.92 Å². The summed E-state index contributed by atoms with van der Waals surface area (Å²) in [5.74, 6) is -0.348. The van der Waals surface area contributed by atoms with Crippen LogP contribution in [-0.4, -0.2) is 22.2 Å². The molecule has 2 aromatic heterocycles. The van der Waals surface area contributed by atoms with Crippen molar-refractivity contribution in [3.63, 3.8) is 0 Å². The summed E-state index contributed by atoms with van der Waals surface area (Å²) in [6, 6.07) is 7.69. The van der Waals surface area contributed by atoms with Gasteiger partial charge in [-0.2, -0.15) is 5.10 Å². The average Bonchev–Trinajstić information content (AvgIpc) is 2.69. The maximum atomic E-state index is 11.1. The Kier molecular flexibility index (Phi) is 3.00. The zero-order chi connectivity index (χ0) is 11.4. The highest BCUT2D eigenvalue weighted by Gasteiger charge is 1.98. The quantitative estimate of drug-likeness (QED) is 0.581. The normalized spacial score (nSPS) is 11.1. The fraction of sp³-hybridized carbons (Fsp3) is 0.167. The molecule has 4 nitrogen and oxygen atoms in total. The second-order valence-corrected chi connectivity index (χ2v) is 3.22. The third-order valence-corrected chi connectivity index (χ3v) is 2.07. The number of carbonyl (C=O) groups excluding carboxylic acids is 1.